The maximum Gasteiger partial charge on any atom is 0.224 e. The number of halogens is 1. The van der Waals surface area contributed by atoms with Crippen molar-refractivity contribution in [2.45, 2.75) is 20.4 Å². The van der Waals surface area contributed by atoms with Crippen LogP contribution in [0.1, 0.15) is 17.5 Å². The van der Waals surface area contributed by atoms with Gasteiger partial charge in [0.2, 0.25) is 5.91 Å². The number of carbonyl (C=O) groups excluding carboxylic acids is 1. The fraction of sp³-hybridized carbons (Fsp3) is 0.375. The van der Waals surface area contributed by atoms with Crippen LogP contribution in [-0.4, -0.2) is 24.5 Å². The molecule has 0 saturated heterocycles. The van der Waals surface area contributed by atoms with Gasteiger partial charge in [0.25, 0.3) is 0 Å². The number of amides is 1. The smallest absolute Gasteiger partial charge is 0.224 e. The maximum atomic E-state index is 11.9. The van der Waals surface area contributed by atoms with Crippen molar-refractivity contribution in [2.75, 3.05) is 13.6 Å². The van der Waals surface area contributed by atoms with Gasteiger partial charge in [-0.15, -0.1) is 23.7 Å². The van der Waals surface area contributed by atoms with Crippen molar-refractivity contribution in [2.24, 2.45) is 5.92 Å². The molecule has 1 atom stereocenters. The summed E-state index contributed by atoms with van der Waals surface area (Å²) in [5.74, 6) is 0.0373. The maximum absolute atomic E-state index is 11.9. The normalized spacial score (nSPS) is 11.6. The number of thiazole rings is 1. The topological polar surface area (TPSA) is 54.0 Å². The van der Waals surface area contributed by atoms with Gasteiger partial charge in [-0.05, 0) is 14.0 Å². The summed E-state index contributed by atoms with van der Waals surface area (Å²) in [6, 6.07) is 10.1. The van der Waals surface area contributed by atoms with E-state index in [0.29, 0.717) is 13.1 Å². The van der Waals surface area contributed by atoms with Crippen LogP contribution in [0.3, 0.4) is 0 Å². The lowest BCUT2D eigenvalue weighted by Crippen LogP contribution is -2.33. The van der Waals surface area contributed by atoms with Crippen LogP contribution in [0.4, 0.5) is 0 Å². The molecule has 6 heteroatoms. The van der Waals surface area contributed by atoms with Crippen LogP contribution in [0.2, 0.25) is 0 Å². The third-order valence-corrected chi connectivity index (χ3v) is 4.50. The van der Waals surface area contributed by atoms with Gasteiger partial charge in [0.1, 0.15) is 5.01 Å². The zero-order chi connectivity index (χ0) is 15.2. The average Bonchev–Trinajstić information content (AvgIpc) is 2.87. The summed E-state index contributed by atoms with van der Waals surface area (Å²) in [4.78, 5) is 17.6. The predicted octanol–water partition coefficient (Wildman–Crippen LogP) is 3.01. The highest BCUT2D eigenvalue weighted by Crippen LogP contribution is 2.27. The Bertz CT molecular complexity index is 601. The molecule has 2 rings (SSSR count). The van der Waals surface area contributed by atoms with Gasteiger partial charge in [0.05, 0.1) is 12.2 Å². The molecule has 1 amide bonds. The Morgan fingerprint density at radius 1 is 1.32 bits per heavy atom. The van der Waals surface area contributed by atoms with E-state index < -0.39 is 0 Å². The van der Waals surface area contributed by atoms with Crippen molar-refractivity contribution >= 4 is 29.7 Å². The Morgan fingerprint density at radius 3 is 2.64 bits per heavy atom. The van der Waals surface area contributed by atoms with Crippen LogP contribution < -0.4 is 10.6 Å². The van der Waals surface area contributed by atoms with E-state index in [0.717, 1.165) is 21.1 Å². The molecule has 4 nitrogen and oxygen atoms in total. The summed E-state index contributed by atoms with van der Waals surface area (Å²) in [5, 5.41) is 6.99. The predicted molar refractivity (Wildman–Crippen MR) is 94.5 cm³/mol. The van der Waals surface area contributed by atoms with E-state index in [1.165, 1.54) is 0 Å². The first kappa shape index (κ1) is 18.6. The van der Waals surface area contributed by atoms with Gasteiger partial charge in [0.15, 0.2) is 0 Å². The van der Waals surface area contributed by atoms with Gasteiger partial charge in [-0.1, -0.05) is 37.3 Å². The molecule has 0 aliphatic heterocycles. The summed E-state index contributed by atoms with van der Waals surface area (Å²) in [6.07, 6.45) is 0. The molecule has 2 aromatic rings. The van der Waals surface area contributed by atoms with Gasteiger partial charge in [-0.25, -0.2) is 4.98 Å². The molecule has 1 heterocycles. The van der Waals surface area contributed by atoms with Crippen LogP contribution >= 0.6 is 23.7 Å². The number of hydrogen-bond acceptors (Lipinski definition) is 4. The van der Waals surface area contributed by atoms with Crippen molar-refractivity contribution in [3.63, 3.8) is 0 Å². The molecule has 0 spiro atoms. The monoisotopic (exact) mass is 339 g/mol. The van der Waals surface area contributed by atoms with Gasteiger partial charge in [-0.2, -0.15) is 0 Å². The van der Waals surface area contributed by atoms with Crippen LogP contribution in [0.15, 0.2) is 30.3 Å². The molecule has 120 valence electrons. The number of nitrogens with one attached hydrogen (secondary N) is 2. The number of rotatable bonds is 6. The third kappa shape index (κ3) is 4.80. The van der Waals surface area contributed by atoms with E-state index in [-0.39, 0.29) is 24.2 Å². The summed E-state index contributed by atoms with van der Waals surface area (Å²) in [5.41, 5.74) is 2.10. The standard InChI is InChI=1S/C16H21N3OS.ClH/c1-11(9-17-3)15(20)18-10-14-12(2)19-16(21-14)13-7-5-4-6-8-13;/h4-8,11,17H,9-10H2,1-3H3,(H,18,20);1H. The highest BCUT2D eigenvalue weighted by atomic mass is 35.5. The van der Waals surface area contributed by atoms with E-state index in [2.05, 4.69) is 27.8 Å². The first-order valence-electron chi connectivity index (χ1n) is 7.06. The van der Waals surface area contributed by atoms with Crippen LogP contribution in [-0.2, 0) is 11.3 Å². The summed E-state index contributed by atoms with van der Waals surface area (Å²) in [6.45, 7) is 5.13. The van der Waals surface area contributed by atoms with Crippen LogP contribution in [0, 0.1) is 12.8 Å². The SMILES string of the molecule is CNCC(C)C(=O)NCc1sc(-c2ccccc2)nc1C.Cl. The van der Waals surface area contributed by atoms with Crippen LogP contribution in [0.25, 0.3) is 10.6 Å². The molecular formula is C16H22ClN3OS. The second-order valence-corrected chi connectivity index (χ2v) is 6.15. The molecule has 2 N–H and O–H groups in total. The van der Waals surface area contributed by atoms with Crippen molar-refractivity contribution in [1.29, 1.82) is 0 Å². The van der Waals surface area contributed by atoms with Gasteiger partial charge < -0.3 is 10.6 Å². The van der Waals surface area contributed by atoms with Crippen molar-refractivity contribution in [3.8, 4) is 10.6 Å². The van der Waals surface area contributed by atoms with E-state index in [9.17, 15) is 4.79 Å². The molecule has 0 radical (unpaired) electrons. The number of hydrogen-bond donors (Lipinski definition) is 2. The number of carbonyl (C=O) groups is 1. The Balaban J connectivity index is 0.00000242. The Labute approximate surface area is 141 Å². The van der Waals surface area contributed by atoms with E-state index >= 15 is 0 Å². The Morgan fingerprint density at radius 2 is 2.00 bits per heavy atom. The molecule has 0 bridgehead atoms. The largest absolute Gasteiger partial charge is 0.351 e. The Kier molecular flexibility index (Phi) is 7.51. The highest BCUT2D eigenvalue weighted by molar-refractivity contribution is 7.15. The summed E-state index contributed by atoms with van der Waals surface area (Å²) >= 11 is 1.64. The average molecular weight is 340 g/mol. The lowest BCUT2D eigenvalue weighted by Gasteiger charge is -2.10. The quantitative estimate of drug-likeness (QED) is 0.850. The minimum Gasteiger partial charge on any atom is -0.351 e. The lowest BCUT2D eigenvalue weighted by atomic mass is 10.1. The molecule has 1 unspecified atom stereocenters. The minimum atomic E-state index is -0.0307. The molecule has 0 fully saturated rings. The first-order valence-corrected chi connectivity index (χ1v) is 7.87. The fourth-order valence-electron chi connectivity index (χ4n) is 2.04. The molecule has 0 aliphatic carbocycles. The number of benzene rings is 1. The molecule has 1 aromatic heterocycles. The molecular weight excluding hydrogens is 318 g/mol. The van der Waals surface area contributed by atoms with Crippen molar-refractivity contribution in [3.05, 3.63) is 40.9 Å². The number of aryl methyl sites for hydroxylation is 1. The highest BCUT2D eigenvalue weighted by Gasteiger charge is 2.14. The second-order valence-electron chi connectivity index (χ2n) is 5.07. The number of aromatic nitrogens is 1. The van der Waals surface area contributed by atoms with E-state index in [1.807, 2.05) is 39.1 Å². The number of nitrogens with zero attached hydrogens (tertiary/aromatic N) is 1. The van der Waals surface area contributed by atoms with Gasteiger partial charge in [-0.3, -0.25) is 4.79 Å². The summed E-state index contributed by atoms with van der Waals surface area (Å²) in [7, 11) is 1.85. The summed E-state index contributed by atoms with van der Waals surface area (Å²) < 4.78 is 0. The van der Waals surface area contributed by atoms with E-state index in [4.69, 9.17) is 0 Å². The fourth-order valence-corrected chi connectivity index (χ4v) is 3.04. The van der Waals surface area contributed by atoms with Crippen molar-refractivity contribution < 1.29 is 4.79 Å². The minimum absolute atomic E-state index is 0. The zero-order valence-electron chi connectivity index (χ0n) is 13.1. The molecule has 0 aliphatic rings. The van der Waals surface area contributed by atoms with Crippen LogP contribution in [0.5, 0.6) is 0 Å². The van der Waals surface area contributed by atoms with E-state index in [1.54, 1.807) is 11.3 Å². The molecule has 1 aromatic carbocycles. The zero-order valence-corrected chi connectivity index (χ0v) is 14.7. The lowest BCUT2D eigenvalue weighted by molar-refractivity contribution is -0.124. The first-order chi connectivity index (χ1) is 10.1. The second kappa shape index (κ2) is 8.88. The van der Waals surface area contributed by atoms with Crippen molar-refractivity contribution in [1.82, 2.24) is 15.6 Å². The van der Waals surface area contributed by atoms with Gasteiger partial charge >= 0.3 is 0 Å². The Hall–Kier alpha value is -1.43. The van der Waals surface area contributed by atoms with Gasteiger partial charge in [0, 0.05) is 22.9 Å². The molecule has 0 saturated carbocycles. The molecule has 22 heavy (non-hydrogen) atoms. The third-order valence-electron chi connectivity index (χ3n) is 3.29.